The third kappa shape index (κ3) is 4.21. The lowest BCUT2D eigenvalue weighted by Gasteiger charge is -2.10. The van der Waals surface area contributed by atoms with Gasteiger partial charge in [-0.1, -0.05) is 6.92 Å². The fraction of sp³-hybridized carbons (Fsp3) is 0.364. The predicted octanol–water partition coefficient (Wildman–Crippen LogP) is 2.39. The van der Waals surface area contributed by atoms with Gasteiger partial charge in [0.1, 0.15) is 5.75 Å². The maximum atomic E-state index is 5.52. The van der Waals surface area contributed by atoms with Gasteiger partial charge in [0.05, 0.1) is 17.5 Å². The van der Waals surface area contributed by atoms with Crippen molar-refractivity contribution in [1.82, 2.24) is 0 Å². The number of thiocarbonyl (C=S) groups is 1. The van der Waals surface area contributed by atoms with Crippen molar-refractivity contribution >= 4 is 23.1 Å². The highest BCUT2D eigenvalue weighted by atomic mass is 32.1. The normalized spacial score (nSPS) is 11.6. The van der Waals surface area contributed by atoms with Gasteiger partial charge in [0.2, 0.25) is 0 Å². The Balaban J connectivity index is 2.53. The van der Waals surface area contributed by atoms with E-state index in [1.807, 2.05) is 31.2 Å². The van der Waals surface area contributed by atoms with Gasteiger partial charge < -0.3 is 10.5 Å². The van der Waals surface area contributed by atoms with Gasteiger partial charge in [0.25, 0.3) is 0 Å². The van der Waals surface area contributed by atoms with E-state index < -0.39 is 0 Å². The summed E-state index contributed by atoms with van der Waals surface area (Å²) in [5, 5.41) is 2.31. The SMILES string of the molecule is C[C@H](CN)COc1ccc(N=C=S)cc1. The van der Waals surface area contributed by atoms with E-state index in [-0.39, 0.29) is 0 Å². The third-order valence-corrected chi connectivity index (χ3v) is 2.04. The Labute approximate surface area is 95.0 Å². The smallest absolute Gasteiger partial charge is 0.119 e. The number of benzene rings is 1. The first-order chi connectivity index (χ1) is 7.26. The van der Waals surface area contributed by atoms with Crippen LogP contribution in [0.1, 0.15) is 6.92 Å². The molecule has 0 spiro atoms. The van der Waals surface area contributed by atoms with Crippen molar-refractivity contribution in [2.45, 2.75) is 6.92 Å². The van der Waals surface area contributed by atoms with Crippen LogP contribution in [0.25, 0.3) is 0 Å². The lowest BCUT2D eigenvalue weighted by atomic mass is 10.2. The molecular formula is C11H14N2OS. The summed E-state index contributed by atoms with van der Waals surface area (Å²) in [6, 6.07) is 7.38. The molecule has 80 valence electrons. The van der Waals surface area contributed by atoms with E-state index in [0.717, 1.165) is 11.4 Å². The molecule has 1 aromatic carbocycles. The number of isothiocyanates is 1. The average molecular weight is 222 g/mol. The first kappa shape index (κ1) is 11.9. The molecule has 0 aliphatic carbocycles. The third-order valence-electron chi connectivity index (χ3n) is 1.95. The number of ether oxygens (including phenoxy) is 1. The Bertz CT molecular complexity index is 344. The number of hydrogen-bond donors (Lipinski definition) is 1. The van der Waals surface area contributed by atoms with Crippen molar-refractivity contribution in [2.75, 3.05) is 13.2 Å². The van der Waals surface area contributed by atoms with Crippen LogP contribution in [0, 0.1) is 5.92 Å². The van der Waals surface area contributed by atoms with Gasteiger partial charge >= 0.3 is 0 Å². The summed E-state index contributed by atoms with van der Waals surface area (Å²) in [7, 11) is 0. The van der Waals surface area contributed by atoms with Crippen molar-refractivity contribution in [1.29, 1.82) is 0 Å². The molecule has 0 heterocycles. The fourth-order valence-corrected chi connectivity index (χ4v) is 1.08. The van der Waals surface area contributed by atoms with E-state index >= 15 is 0 Å². The predicted molar refractivity (Wildman–Crippen MR) is 64.8 cm³/mol. The maximum absolute atomic E-state index is 5.52. The monoisotopic (exact) mass is 222 g/mol. The number of nitrogens with two attached hydrogens (primary N) is 1. The largest absolute Gasteiger partial charge is 0.493 e. The highest BCUT2D eigenvalue weighted by Crippen LogP contribution is 2.17. The standard InChI is InChI=1S/C11H14N2OS/c1-9(6-12)7-14-11-4-2-10(3-5-11)13-8-15/h2-5,9H,6-7,12H2,1H3/t9-/m1/s1. The van der Waals surface area contributed by atoms with Crippen LogP contribution in [0.15, 0.2) is 29.3 Å². The van der Waals surface area contributed by atoms with E-state index in [2.05, 4.69) is 22.4 Å². The molecule has 15 heavy (non-hydrogen) atoms. The lowest BCUT2D eigenvalue weighted by Crippen LogP contribution is -2.18. The van der Waals surface area contributed by atoms with Gasteiger partial charge in [-0.25, -0.2) is 0 Å². The molecule has 4 heteroatoms. The molecular weight excluding hydrogens is 208 g/mol. The van der Waals surface area contributed by atoms with Crippen LogP contribution in [0.4, 0.5) is 5.69 Å². The van der Waals surface area contributed by atoms with Crippen molar-refractivity contribution in [3.8, 4) is 5.75 Å². The van der Waals surface area contributed by atoms with Crippen molar-refractivity contribution in [2.24, 2.45) is 16.6 Å². The Kier molecular flexibility index (Phi) is 4.98. The molecule has 0 saturated heterocycles. The Morgan fingerprint density at radius 1 is 1.47 bits per heavy atom. The number of rotatable bonds is 5. The van der Waals surface area contributed by atoms with Crippen LogP contribution < -0.4 is 10.5 Å². The molecule has 1 rings (SSSR count). The van der Waals surface area contributed by atoms with Gasteiger partial charge in [-0.15, -0.1) is 0 Å². The van der Waals surface area contributed by atoms with Gasteiger partial charge in [-0.05, 0) is 43.0 Å². The Morgan fingerprint density at radius 2 is 2.13 bits per heavy atom. The molecule has 3 nitrogen and oxygen atoms in total. The first-order valence-electron chi connectivity index (χ1n) is 4.77. The minimum atomic E-state index is 0.365. The number of nitrogens with zero attached hydrogens (tertiary/aromatic N) is 1. The summed E-state index contributed by atoms with van der Waals surface area (Å²) in [6.45, 7) is 3.31. The molecule has 0 bridgehead atoms. The van der Waals surface area contributed by atoms with Crippen LogP contribution in [-0.4, -0.2) is 18.3 Å². The molecule has 0 unspecified atom stereocenters. The second kappa shape index (κ2) is 6.30. The topological polar surface area (TPSA) is 47.6 Å². The molecule has 0 aliphatic heterocycles. The van der Waals surface area contributed by atoms with Crippen molar-refractivity contribution in [3.05, 3.63) is 24.3 Å². The van der Waals surface area contributed by atoms with Gasteiger partial charge in [-0.2, -0.15) is 4.99 Å². The Morgan fingerprint density at radius 3 is 2.67 bits per heavy atom. The van der Waals surface area contributed by atoms with E-state index in [4.69, 9.17) is 10.5 Å². The van der Waals surface area contributed by atoms with Gasteiger partial charge in [0, 0.05) is 5.92 Å². The molecule has 0 saturated carbocycles. The molecule has 0 aromatic heterocycles. The summed E-state index contributed by atoms with van der Waals surface area (Å²) in [5.41, 5.74) is 6.27. The summed E-state index contributed by atoms with van der Waals surface area (Å²) < 4.78 is 5.52. The molecule has 0 fully saturated rings. The summed E-state index contributed by atoms with van der Waals surface area (Å²) in [6.07, 6.45) is 0. The molecule has 1 aromatic rings. The average Bonchev–Trinajstić information content (AvgIpc) is 2.28. The van der Waals surface area contributed by atoms with Crippen LogP contribution in [-0.2, 0) is 0 Å². The quantitative estimate of drug-likeness (QED) is 0.614. The van der Waals surface area contributed by atoms with Gasteiger partial charge in [0.15, 0.2) is 0 Å². The van der Waals surface area contributed by atoms with Crippen LogP contribution in [0.5, 0.6) is 5.75 Å². The zero-order valence-corrected chi connectivity index (χ0v) is 9.46. The summed E-state index contributed by atoms with van der Waals surface area (Å²) >= 11 is 4.51. The van der Waals surface area contributed by atoms with E-state index in [1.165, 1.54) is 0 Å². The summed E-state index contributed by atoms with van der Waals surface area (Å²) in [5.74, 6) is 1.18. The minimum Gasteiger partial charge on any atom is -0.493 e. The van der Waals surface area contributed by atoms with E-state index in [0.29, 0.717) is 19.1 Å². The molecule has 0 radical (unpaired) electrons. The minimum absolute atomic E-state index is 0.365. The number of hydrogen-bond acceptors (Lipinski definition) is 4. The number of aliphatic imine (C=N–C) groups is 1. The van der Waals surface area contributed by atoms with E-state index in [9.17, 15) is 0 Å². The van der Waals surface area contributed by atoms with Gasteiger partial charge in [-0.3, -0.25) is 0 Å². The van der Waals surface area contributed by atoms with Crippen molar-refractivity contribution < 1.29 is 4.74 Å². The fourth-order valence-electron chi connectivity index (χ4n) is 0.976. The molecule has 0 amide bonds. The zero-order chi connectivity index (χ0) is 11.1. The molecule has 0 aliphatic rings. The lowest BCUT2D eigenvalue weighted by molar-refractivity contribution is 0.264. The van der Waals surface area contributed by atoms with Crippen LogP contribution in [0.2, 0.25) is 0 Å². The second-order valence-corrected chi connectivity index (χ2v) is 3.53. The molecule has 2 N–H and O–H groups in total. The maximum Gasteiger partial charge on any atom is 0.119 e. The first-order valence-corrected chi connectivity index (χ1v) is 5.18. The highest BCUT2D eigenvalue weighted by molar-refractivity contribution is 7.78. The second-order valence-electron chi connectivity index (χ2n) is 3.35. The van der Waals surface area contributed by atoms with E-state index in [1.54, 1.807) is 0 Å². The molecule has 1 atom stereocenters. The van der Waals surface area contributed by atoms with Crippen LogP contribution in [0.3, 0.4) is 0 Å². The highest BCUT2D eigenvalue weighted by Gasteiger charge is 2.00. The van der Waals surface area contributed by atoms with Crippen molar-refractivity contribution in [3.63, 3.8) is 0 Å². The Hall–Kier alpha value is -1.22. The summed E-state index contributed by atoms with van der Waals surface area (Å²) in [4.78, 5) is 3.85. The van der Waals surface area contributed by atoms with Crippen LogP contribution >= 0.6 is 12.2 Å². The zero-order valence-electron chi connectivity index (χ0n) is 8.64.